The minimum Gasteiger partial charge on any atom is -0.507 e. The quantitative estimate of drug-likeness (QED) is 0.729. The summed E-state index contributed by atoms with van der Waals surface area (Å²) in [7, 11) is 1.58. The third kappa shape index (κ3) is 3.42. The van der Waals surface area contributed by atoms with Gasteiger partial charge in [-0.25, -0.2) is 0 Å². The molecule has 0 bridgehead atoms. The summed E-state index contributed by atoms with van der Waals surface area (Å²) in [4.78, 5) is 0. The van der Waals surface area contributed by atoms with Crippen molar-refractivity contribution >= 4 is 0 Å². The molecule has 0 aromatic heterocycles. The maximum absolute atomic E-state index is 9.79. The van der Waals surface area contributed by atoms with Gasteiger partial charge in [-0.05, 0) is 12.5 Å². The van der Waals surface area contributed by atoms with Crippen molar-refractivity contribution in [3.63, 3.8) is 0 Å². The molecule has 1 atom stereocenters. The van der Waals surface area contributed by atoms with Crippen molar-refractivity contribution in [3.8, 4) is 11.5 Å². The first kappa shape index (κ1) is 12.8. The van der Waals surface area contributed by atoms with Crippen LogP contribution in [0, 0.1) is 0 Å². The summed E-state index contributed by atoms with van der Waals surface area (Å²) in [6, 6.07) is 5.19. The first-order valence-corrected chi connectivity index (χ1v) is 5.81. The lowest BCUT2D eigenvalue weighted by Gasteiger charge is -2.14. The Labute approximate surface area is 97.2 Å². The largest absolute Gasteiger partial charge is 0.507 e. The number of phenols is 1. The zero-order chi connectivity index (χ0) is 12.0. The summed E-state index contributed by atoms with van der Waals surface area (Å²) in [6.07, 6.45) is 4.38. The monoisotopic (exact) mass is 223 g/mol. The van der Waals surface area contributed by atoms with E-state index in [2.05, 4.69) is 6.92 Å². The fourth-order valence-corrected chi connectivity index (χ4v) is 1.73. The molecule has 0 saturated carbocycles. The highest BCUT2D eigenvalue weighted by atomic mass is 16.5. The highest BCUT2D eigenvalue weighted by molar-refractivity contribution is 5.41. The molecule has 0 spiro atoms. The van der Waals surface area contributed by atoms with Gasteiger partial charge in [-0.1, -0.05) is 32.3 Å². The van der Waals surface area contributed by atoms with E-state index in [1.54, 1.807) is 13.2 Å². The van der Waals surface area contributed by atoms with Crippen LogP contribution in [0.3, 0.4) is 0 Å². The maximum atomic E-state index is 9.79. The van der Waals surface area contributed by atoms with E-state index in [4.69, 9.17) is 10.5 Å². The SMILES string of the molecule is CCCCC[C@@H](N)c1ccc(OC)cc1O. The summed E-state index contributed by atoms with van der Waals surface area (Å²) in [5.41, 5.74) is 6.83. The summed E-state index contributed by atoms with van der Waals surface area (Å²) < 4.78 is 5.03. The normalized spacial score (nSPS) is 12.4. The number of benzene rings is 1. The molecule has 0 fully saturated rings. The highest BCUT2D eigenvalue weighted by Gasteiger charge is 2.11. The van der Waals surface area contributed by atoms with E-state index < -0.39 is 0 Å². The van der Waals surface area contributed by atoms with Gasteiger partial charge in [-0.2, -0.15) is 0 Å². The number of phenolic OH excluding ortho intramolecular Hbond substituents is 1. The molecule has 0 radical (unpaired) electrons. The molecule has 90 valence electrons. The van der Waals surface area contributed by atoms with Gasteiger partial charge in [-0.3, -0.25) is 0 Å². The minimum absolute atomic E-state index is 0.0857. The Kier molecular flexibility index (Phi) is 5.12. The van der Waals surface area contributed by atoms with Crippen LogP contribution in [0.1, 0.15) is 44.2 Å². The van der Waals surface area contributed by atoms with E-state index in [1.807, 2.05) is 12.1 Å². The van der Waals surface area contributed by atoms with Crippen LogP contribution in [0.25, 0.3) is 0 Å². The van der Waals surface area contributed by atoms with Gasteiger partial charge in [0.25, 0.3) is 0 Å². The molecule has 3 nitrogen and oxygen atoms in total. The van der Waals surface area contributed by atoms with E-state index in [0.29, 0.717) is 5.75 Å². The van der Waals surface area contributed by atoms with E-state index in [0.717, 1.165) is 18.4 Å². The number of methoxy groups -OCH3 is 1. The van der Waals surface area contributed by atoms with Crippen LogP contribution in [0.15, 0.2) is 18.2 Å². The maximum Gasteiger partial charge on any atom is 0.124 e. The molecule has 0 heterocycles. The highest BCUT2D eigenvalue weighted by Crippen LogP contribution is 2.29. The molecule has 0 saturated heterocycles. The van der Waals surface area contributed by atoms with Crippen LogP contribution in [0.4, 0.5) is 0 Å². The van der Waals surface area contributed by atoms with E-state index >= 15 is 0 Å². The number of aromatic hydroxyl groups is 1. The topological polar surface area (TPSA) is 55.5 Å². The van der Waals surface area contributed by atoms with Crippen LogP contribution in [0.2, 0.25) is 0 Å². The Morgan fingerprint density at radius 2 is 2.12 bits per heavy atom. The molecule has 1 rings (SSSR count). The average molecular weight is 223 g/mol. The minimum atomic E-state index is -0.0857. The van der Waals surface area contributed by atoms with Gasteiger partial charge in [-0.15, -0.1) is 0 Å². The van der Waals surface area contributed by atoms with Gasteiger partial charge in [0.1, 0.15) is 11.5 Å². The van der Waals surface area contributed by atoms with Crippen LogP contribution in [-0.4, -0.2) is 12.2 Å². The Morgan fingerprint density at radius 3 is 2.69 bits per heavy atom. The smallest absolute Gasteiger partial charge is 0.124 e. The van der Waals surface area contributed by atoms with Crippen LogP contribution in [0.5, 0.6) is 11.5 Å². The first-order valence-electron chi connectivity index (χ1n) is 5.81. The predicted octanol–water partition coefficient (Wildman–Crippen LogP) is 2.98. The van der Waals surface area contributed by atoms with Crippen molar-refractivity contribution in [2.24, 2.45) is 5.73 Å². The fraction of sp³-hybridized carbons (Fsp3) is 0.538. The molecular weight excluding hydrogens is 202 g/mol. The van der Waals surface area contributed by atoms with Crippen LogP contribution < -0.4 is 10.5 Å². The Bertz CT molecular complexity index is 326. The Balaban J connectivity index is 2.64. The second-order valence-electron chi connectivity index (χ2n) is 4.03. The Hall–Kier alpha value is -1.22. The molecule has 0 aliphatic rings. The zero-order valence-electron chi connectivity index (χ0n) is 10.1. The standard InChI is InChI=1S/C13H21NO2/c1-3-4-5-6-12(14)11-8-7-10(16-2)9-13(11)15/h7-9,12,15H,3-6,14H2,1-2H3/t12-/m1/s1. The molecule has 1 aromatic rings. The number of nitrogens with two attached hydrogens (primary N) is 1. The molecule has 0 amide bonds. The van der Waals surface area contributed by atoms with Crippen molar-refractivity contribution in [3.05, 3.63) is 23.8 Å². The fourth-order valence-electron chi connectivity index (χ4n) is 1.73. The Morgan fingerprint density at radius 1 is 1.38 bits per heavy atom. The second kappa shape index (κ2) is 6.38. The molecule has 1 aromatic carbocycles. The lowest BCUT2D eigenvalue weighted by atomic mass is 10.0. The average Bonchev–Trinajstić information content (AvgIpc) is 2.29. The van der Waals surface area contributed by atoms with Gasteiger partial charge in [0, 0.05) is 17.7 Å². The van der Waals surface area contributed by atoms with Crippen molar-refractivity contribution in [1.82, 2.24) is 0 Å². The van der Waals surface area contributed by atoms with Gasteiger partial charge in [0.2, 0.25) is 0 Å². The molecule has 3 N–H and O–H groups in total. The molecule has 3 heteroatoms. The molecule has 16 heavy (non-hydrogen) atoms. The molecular formula is C13H21NO2. The van der Waals surface area contributed by atoms with Crippen LogP contribution >= 0.6 is 0 Å². The summed E-state index contributed by atoms with van der Waals surface area (Å²) in [5, 5.41) is 9.79. The van der Waals surface area contributed by atoms with Crippen molar-refractivity contribution < 1.29 is 9.84 Å². The summed E-state index contributed by atoms with van der Waals surface area (Å²) in [6.45, 7) is 2.16. The number of ether oxygens (including phenoxy) is 1. The zero-order valence-corrected chi connectivity index (χ0v) is 10.1. The molecule has 0 aliphatic heterocycles. The third-order valence-corrected chi connectivity index (χ3v) is 2.76. The lowest BCUT2D eigenvalue weighted by molar-refractivity contribution is 0.404. The number of rotatable bonds is 6. The van der Waals surface area contributed by atoms with Crippen molar-refractivity contribution in [1.29, 1.82) is 0 Å². The molecule has 0 unspecified atom stereocenters. The first-order chi connectivity index (χ1) is 7.69. The molecule has 0 aliphatic carbocycles. The van der Waals surface area contributed by atoms with Gasteiger partial charge in [0.15, 0.2) is 0 Å². The third-order valence-electron chi connectivity index (χ3n) is 2.76. The van der Waals surface area contributed by atoms with E-state index in [1.165, 1.54) is 12.8 Å². The predicted molar refractivity (Wildman–Crippen MR) is 65.7 cm³/mol. The van der Waals surface area contributed by atoms with Gasteiger partial charge < -0.3 is 15.6 Å². The number of unbranched alkanes of at least 4 members (excludes halogenated alkanes) is 2. The van der Waals surface area contributed by atoms with Gasteiger partial charge in [0.05, 0.1) is 7.11 Å². The second-order valence-corrected chi connectivity index (χ2v) is 4.03. The van der Waals surface area contributed by atoms with E-state index in [-0.39, 0.29) is 11.8 Å². The van der Waals surface area contributed by atoms with Crippen molar-refractivity contribution in [2.75, 3.05) is 7.11 Å². The van der Waals surface area contributed by atoms with Crippen molar-refractivity contribution in [2.45, 2.75) is 38.6 Å². The summed E-state index contributed by atoms with van der Waals surface area (Å²) >= 11 is 0. The van der Waals surface area contributed by atoms with Crippen LogP contribution in [-0.2, 0) is 0 Å². The number of hydrogen-bond donors (Lipinski definition) is 2. The van der Waals surface area contributed by atoms with E-state index in [9.17, 15) is 5.11 Å². The summed E-state index contributed by atoms with van der Waals surface area (Å²) in [5.74, 6) is 0.880. The number of hydrogen-bond acceptors (Lipinski definition) is 3. The lowest BCUT2D eigenvalue weighted by Crippen LogP contribution is -2.10. The van der Waals surface area contributed by atoms with Gasteiger partial charge >= 0.3 is 0 Å².